The van der Waals surface area contributed by atoms with Crippen LogP contribution in [0.25, 0.3) is 22.3 Å². The molecule has 0 aliphatic heterocycles. The first-order chi connectivity index (χ1) is 11.1. The smallest absolute Gasteiger partial charge is 0.177 e. The van der Waals surface area contributed by atoms with Gasteiger partial charge in [0.25, 0.3) is 0 Å². The van der Waals surface area contributed by atoms with Gasteiger partial charge in [-0.05, 0) is 38.1 Å². The Balaban J connectivity index is 2.19. The Hall–Kier alpha value is -2.14. The minimum Gasteiger partial charge on any atom is -0.504 e. The van der Waals surface area contributed by atoms with E-state index < -0.39 is 0 Å². The third-order valence-electron chi connectivity index (χ3n) is 3.42. The van der Waals surface area contributed by atoms with Gasteiger partial charge in [0.1, 0.15) is 22.5 Å². The SMILES string of the molecule is CCOc1cc(OCC)c2c(O)c(-c3ccc(Br)cc3)oc2c1. The van der Waals surface area contributed by atoms with Crippen LogP contribution in [-0.2, 0) is 0 Å². The third kappa shape index (κ3) is 3.01. The summed E-state index contributed by atoms with van der Waals surface area (Å²) >= 11 is 3.40. The summed E-state index contributed by atoms with van der Waals surface area (Å²) in [6.07, 6.45) is 0. The van der Waals surface area contributed by atoms with Crippen molar-refractivity contribution in [2.24, 2.45) is 0 Å². The summed E-state index contributed by atoms with van der Waals surface area (Å²) in [5.41, 5.74) is 1.33. The van der Waals surface area contributed by atoms with Gasteiger partial charge in [-0.15, -0.1) is 0 Å². The van der Waals surface area contributed by atoms with Crippen LogP contribution in [0, 0.1) is 0 Å². The van der Waals surface area contributed by atoms with E-state index in [4.69, 9.17) is 13.9 Å². The average Bonchev–Trinajstić information content (AvgIpc) is 2.86. The van der Waals surface area contributed by atoms with Gasteiger partial charge in [-0.3, -0.25) is 0 Å². The number of hydrogen-bond acceptors (Lipinski definition) is 4. The van der Waals surface area contributed by atoms with Gasteiger partial charge in [0.15, 0.2) is 11.5 Å². The molecule has 1 heterocycles. The zero-order valence-corrected chi connectivity index (χ0v) is 14.5. The molecule has 0 amide bonds. The molecule has 0 fully saturated rings. The maximum absolute atomic E-state index is 10.6. The van der Waals surface area contributed by atoms with Crippen molar-refractivity contribution in [3.05, 3.63) is 40.9 Å². The maximum Gasteiger partial charge on any atom is 0.177 e. The molecule has 0 atom stereocenters. The topological polar surface area (TPSA) is 51.8 Å². The number of furan rings is 1. The molecule has 4 nitrogen and oxygen atoms in total. The molecule has 0 spiro atoms. The van der Waals surface area contributed by atoms with Crippen molar-refractivity contribution >= 4 is 26.9 Å². The summed E-state index contributed by atoms with van der Waals surface area (Å²) in [7, 11) is 0. The van der Waals surface area contributed by atoms with Crippen LogP contribution < -0.4 is 9.47 Å². The highest BCUT2D eigenvalue weighted by Crippen LogP contribution is 2.45. The van der Waals surface area contributed by atoms with Gasteiger partial charge in [-0.25, -0.2) is 0 Å². The molecule has 0 aliphatic carbocycles. The number of halogens is 1. The summed E-state index contributed by atoms with van der Waals surface area (Å²) in [6, 6.07) is 11.1. The molecule has 2 aromatic carbocycles. The molecule has 3 rings (SSSR count). The van der Waals surface area contributed by atoms with Gasteiger partial charge in [-0.1, -0.05) is 15.9 Å². The molecule has 1 N–H and O–H groups in total. The average molecular weight is 377 g/mol. The Morgan fingerprint density at radius 2 is 1.74 bits per heavy atom. The van der Waals surface area contributed by atoms with Crippen molar-refractivity contribution in [3.63, 3.8) is 0 Å². The van der Waals surface area contributed by atoms with E-state index in [2.05, 4.69) is 15.9 Å². The zero-order valence-electron chi connectivity index (χ0n) is 12.9. The third-order valence-corrected chi connectivity index (χ3v) is 3.95. The number of rotatable bonds is 5. The molecule has 0 saturated carbocycles. The molecular formula is C18H17BrO4. The predicted octanol–water partition coefficient (Wildman–Crippen LogP) is 5.37. The van der Waals surface area contributed by atoms with Crippen molar-refractivity contribution in [2.75, 3.05) is 13.2 Å². The highest BCUT2D eigenvalue weighted by atomic mass is 79.9. The quantitative estimate of drug-likeness (QED) is 0.650. The van der Waals surface area contributed by atoms with Crippen molar-refractivity contribution in [1.82, 2.24) is 0 Å². The molecule has 1 aromatic heterocycles. The molecule has 23 heavy (non-hydrogen) atoms. The maximum atomic E-state index is 10.6. The minimum absolute atomic E-state index is 0.0776. The monoisotopic (exact) mass is 376 g/mol. The number of benzene rings is 2. The van der Waals surface area contributed by atoms with Crippen LogP contribution in [0.3, 0.4) is 0 Å². The molecule has 0 bridgehead atoms. The van der Waals surface area contributed by atoms with Gasteiger partial charge in [0.2, 0.25) is 0 Å². The highest BCUT2D eigenvalue weighted by Gasteiger charge is 2.20. The number of fused-ring (bicyclic) bond motifs is 1. The van der Waals surface area contributed by atoms with Gasteiger partial charge in [0, 0.05) is 22.2 Å². The molecule has 0 saturated heterocycles. The van der Waals surface area contributed by atoms with E-state index in [-0.39, 0.29) is 5.75 Å². The number of ether oxygens (including phenoxy) is 2. The fourth-order valence-electron chi connectivity index (χ4n) is 2.47. The first kappa shape index (κ1) is 15.7. The Morgan fingerprint density at radius 3 is 2.39 bits per heavy atom. The van der Waals surface area contributed by atoms with Crippen LogP contribution in [0.4, 0.5) is 0 Å². The van der Waals surface area contributed by atoms with Crippen LogP contribution in [-0.4, -0.2) is 18.3 Å². The van der Waals surface area contributed by atoms with Crippen molar-refractivity contribution in [3.8, 4) is 28.6 Å². The first-order valence-electron chi connectivity index (χ1n) is 7.45. The molecule has 0 aliphatic rings. The molecule has 5 heteroatoms. The standard InChI is InChI=1S/C18H17BrO4/c1-3-21-13-9-14(22-4-2)16-15(10-13)23-18(17(16)20)11-5-7-12(19)8-6-11/h5-10,20H,3-4H2,1-2H3. The lowest BCUT2D eigenvalue weighted by atomic mass is 10.1. The first-order valence-corrected chi connectivity index (χ1v) is 8.24. The van der Waals surface area contributed by atoms with E-state index >= 15 is 0 Å². The van der Waals surface area contributed by atoms with E-state index in [1.807, 2.05) is 38.1 Å². The fourth-order valence-corrected chi connectivity index (χ4v) is 2.73. The molecule has 3 aromatic rings. The summed E-state index contributed by atoms with van der Waals surface area (Å²) in [5, 5.41) is 11.2. The van der Waals surface area contributed by atoms with Crippen molar-refractivity contribution < 1.29 is 19.0 Å². The van der Waals surface area contributed by atoms with Gasteiger partial charge >= 0.3 is 0 Å². The lowest BCUT2D eigenvalue weighted by Crippen LogP contribution is -1.95. The molecule has 0 unspecified atom stereocenters. The van der Waals surface area contributed by atoms with Crippen LogP contribution in [0.5, 0.6) is 17.2 Å². The summed E-state index contributed by atoms with van der Waals surface area (Å²) in [4.78, 5) is 0. The lowest BCUT2D eigenvalue weighted by Gasteiger charge is -2.08. The van der Waals surface area contributed by atoms with Crippen molar-refractivity contribution in [1.29, 1.82) is 0 Å². The second-order valence-corrected chi connectivity index (χ2v) is 5.86. The fraction of sp³-hybridized carbons (Fsp3) is 0.222. The van der Waals surface area contributed by atoms with E-state index in [1.54, 1.807) is 12.1 Å². The summed E-state index contributed by atoms with van der Waals surface area (Å²) < 4.78 is 18.0. The van der Waals surface area contributed by atoms with Crippen molar-refractivity contribution in [2.45, 2.75) is 13.8 Å². The Bertz CT molecular complexity index is 821. The molecular weight excluding hydrogens is 360 g/mol. The van der Waals surface area contributed by atoms with E-state index in [9.17, 15) is 5.11 Å². The van der Waals surface area contributed by atoms with Crippen LogP contribution in [0.2, 0.25) is 0 Å². The molecule has 120 valence electrons. The van der Waals surface area contributed by atoms with Gasteiger partial charge in [-0.2, -0.15) is 0 Å². The van der Waals surface area contributed by atoms with Crippen LogP contribution in [0.1, 0.15) is 13.8 Å². The second kappa shape index (κ2) is 6.54. The normalized spacial score (nSPS) is 10.9. The Morgan fingerprint density at radius 1 is 1.04 bits per heavy atom. The van der Waals surface area contributed by atoms with Crippen LogP contribution in [0.15, 0.2) is 45.3 Å². The lowest BCUT2D eigenvalue weighted by molar-refractivity contribution is 0.325. The highest BCUT2D eigenvalue weighted by molar-refractivity contribution is 9.10. The number of hydrogen-bond donors (Lipinski definition) is 1. The summed E-state index contributed by atoms with van der Waals surface area (Å²) in [5.74, 6) is 1.70. The van der Waals surface area contributed by atoms with Gasteiger partial charge in [0.05, 0.1) is 13.2 Å². The Labute approximate surface area is 142 Å². The molecule has 0 radical (unpaired) electrons. The second-order valence-electron chi connectivity index (χ2n) is 4.95. The summed E-state index contributed by atoms with van der Waals surface area (Å²) in [6.45, 7) is 4.84. The van der Waals surface area contributed by atoms with Gasteiger partial charge < -0.3 is 19.0 Å². The predicted molar refractivity (Wildman–Crippen MR) is 93.4 cm³/mol. The minimum atomic E-state index is 0.0776. The van der Waals surface area contributed by atoms with E-state index in [0.29, 0.717) is 41.4 Å². The van der Waals surface area contributed by atoms with E-state index in [1.165, 1.54) is 0 Å². The number of aromatic hydroxyl groups is 1. The van der Waals surface area contributed by atoms with Crippen LogP contribution >= 0.6 is 15.9 Å². The Kier molecular flexibility index (Phi) is 4.48. The zero-order chi connectivity index (χ0) is 16.4. The largest absolute Gasteiger partial charge is 0.504 e. The van der Waals surface area contributed by atoms with E-state index in [0.717, 1.165) is 10.0 Å².